The number of morpholine rings is 1. The Morgan fingerprint density at radius 1 is 1.05 bits per heavy atom. The van der Waals surface area contributed by atoms with Crippen molar-refractivity contribution in [3.63, 3.8) is 0 Å². The van der Waals surface area contributed by atoms with Crippen molar-refractivity contribution in [1.29, 1.82) is 0 Å². The van der Waals surface area contributed by atoms with Crippen molar-refractivity contribution >= 4 is 0 Å². The highest BCUT2D eigenvalue weighted by Crippen LogP contribution is 2.15. The van der Waals surface area contributed by atoms with E-state index in [0.29, 0.717) is 0 Å². The van der Waals surface area contributed by atoms with Crippen molar-refractivity contribution in [3.05, 3.63) is 0 Å². The van der Waals surface area contributed by atoms with Crippen LogP contribution < -0.4 is 0 Å². The molecule has 1 unspecified atom stereocenters. The van der Waals surface area contributed by atoms with Crippen molar-refractivity contribution in [2.24, 2.45) is 5.92 Å². The first kappa shape index (κ1) is 16.9. The van der Waals surface area contributed by atoms with Gasteiger partial charge in [-0.25, -0.2) is 0 Å². The summed E-state index contributed by atoms with van der Waals surface area (Å²) >= 11 is 0. The van der Waals surface area contributed by atoms with Crippen LogP contribution in [0, 0.1) is 5.92 Å². The molecule has 0 N–H and O–H groups in total. The van der Waals surface area contributed by atoms with Crippen molar-refractivity contribution in [1.82, 2.24) is 9.80 Å². The number of ether oxygens (including phenoxy) is 2. The lowest BCUT2D eigenvalue weighted by Gasteiger charge is -2.31. The molecule has 2 rings (SSSR count). The van der Waals surface area contributed by atoms with E-state index in [0.717, 1.165) is 38.8 Å². The van der Waals surface area contributed by atoms with E-state index in [4.69, 9.17) is 9.47 Å². The first-order chi connectivity index (χ1) is 9.30. The van der Waals surface area contributed by atoms with Crippen molar-refractivity contribution in [2.45, 2.75) is 26.7 Å². The molecule has 0 spiro atoms. The zero-order valence-electron chi connectivity index (χ0n) is 13.1. The molecule has 2 aliphatic rings. The standard InChI is InChI=1S/C9H19NO.C6H13NO/c1-3-10-6-4-5-9(7-10)8-11-2;1-2-7-3-5-8-6-4-7/h9H,3-8H2,1-2H3;2-6H2,1H3. The zero-order valence-corrected chi connectivity index (χ0v) is 13.1. The summed E-state index contributed by atoms with van der Waals surface area (Å²) in [6.07, 6.45) is 2.70. The number of likely N-dealkylation sites (tertiary alicyclic amines) is 1. The molecule has 2 heterocycles. The molecule has 0 saturated carbocycles. The van der Waals surface area contributed by atoms with Crippen LogP contribution in [0.5, 0.6) is 0 Å². The topological polar surface area (TPSA) is 24.9 Å². The maximum absolute atomic E-state index is 5.16. The highest BCUT2D eigenvalue weighted by atomic mass is 16.5. The smallest absolute Gasteiger partial charge is 0.0594 e. The number of likely N-dealkylation sites (N-methyl/N-ethyl adjacent to an activating group) is 1. The average molecular weight is 272 g/mol. The van der Waals surface area contributed by atoms with E-state index in [1.165, 1.54) is 39.0 Å². The lowest BCUT2D eigenvalue weighted by atomic mass is 9.99. The van der Waals surface area contributed by atoms with Gasteiger partial charge in [0.2, 0.25) is 0 Å². The SMILES string of the molecule is CCN1CCCC(COC)C1.CCN1CCOCC1. The van der Waals surface area contributed by atoms with Gasteiger partial charge >= 0.3 is 0 Å². The predicted octanol–water partition coefficient (Wildman–Crippen LogP) is 1.70. The van der Waals surface area contributed by atoms with Gasteiger partial charge in [0.05, 0.1) is 19.8 Å². The van der Waals surface area contributed by atoms with Gasteiger partial charge < -0.3 is 14.4 Å². The van der Waals surface area contributed by atoms with Crippen LogP contribution in [0.15, 0.2) is 0 Å². The molecule has 0 aromatic heterocycles. The van der Waals surface area contributed by atoms with Crippen LogP contribution in [-0.2, 0) is 9.47 Å². The minimum Gasteiger partial charge on any atom is -0.384 e. The van der Waals surface area contributed by atoms with Crippen LogP contribution in [0.2, 0.25) is 0 Å². The lowest BCUT2D eigenvalue weighted by molar-refractivity contribution is 0.0405. The molecule has 2 aliphatic heterocycles. The summed E-state index contributed by atoms with van der Waals surface area (Å²) in [4.78, 5) is 4.90. The zero-order chi connectivity index (χ0) is 13.9. The molecular formula is C15H32N2O2. The third-order valence-corrected chi connectivity index (χ3v) is 4.00. The van der Waals surface area contributed by atoms with Gasteiger partial charge in [-0.2, -0.15) is 0 Å². The number of hydrogen-bond acceptors (Lipinski definition) is 4. The fraction of sp³-hybridized carbons (Fsp3) is 1.00. The molecule has 0 radical (unpaired) electrons. The molecule has 2 saturated heterocycles. The van der Waals surface area contributed by atoms with Crippen LogP contribution >= 0.6 is 0 Å². The van der Waals surface area contributed by atoms with E-state index >= 15 is 0 Å². The Bertz CT molecular complexity index is 206. The van der Waals surface area contributed by atoms with E-state index in [-0.39, 0.29) is 0 Å². The third-order valence-electron chi connectivity index (χ3n) is 4.00. The summed E-state index contributed by atoms with van der Waals surface area (Å²) in [6, 6.07) is 0. The van der Waals surface area contributed by atoms with Crippen LogP contribution in [0.4, 0.5) is 0 Å². The molecule has 0 aromatic rings. The summed E-state index contributed by atoms with van der Waals surface area (Å²) in [5.74, 6) is 0.786. The van der Waals surface area contributed by atoms with Gasteiger partial charge in [-0.15, -0.1) is 0 Å². The van der Waals surface area contributed by atoms with E-state index in [1.807, 2.05) is 0 Å². The van der Waals surface area contributed by atoms with E-state index in [1.54, 1.807) is 7.11 Å². The molecular weight excluding hydrogens is 240 g/mol. The molecule has 4 nitrogen and oxygen atoms in total. The summed E-state index contributed by atoms with van der Waals surface area (Å²) in [7, 11) is 1.80. The van der Waals surface area contributed by atoms with Gasteiger partial charge in [0.25, 0.3) is 0 Å². The van der Waals surface area contributed by atoms with Gasteiger partial charge in [0.15, 0.2) is 0 Å². The number of methoxy groups -OCH3 is 1. The fourth-order valence-electron chi connectivity index (χ4n) is 2.73. The highest BCUT2D eigenvalue weighted by molar-refractivity contribution is 4.71. The van der Waals surface area contributed by atoms with Crippen LogP contribution in [0.1, 0.15) is 26.7 Å². The number of nitrogens with zero attached hydrogens (tertiary/aromatic N) is 2. The fourth-order valence-corrected chi connectivity index (χ4v) is 2.73. The normalized spacial score (nSPS) is 25.7. The van der Waals surface area contributed by atoms with E-state index in [2.05, 4.69) is 23.6 Å². The van der Waals surface area contributed by atoms with Gasteiger partial charge in [0, 0.05) is 26.7 Å². The van der Waals surface area contributed by atoms with Crippen LogP contribution in [-0.4, -0.2) is 76.0 Å². The second-order valence-electron chi connectivity index (χ2n) is 5.40. The lowest BCUT2D eigenvalue weighted by Crippen LogP contribution is -2.36. The van der Waals surface area contributed by atoms with Gasteiger partial charge in [0.1, 0.15) is 0 Å². The van der Waals surface area contributed by atoms with Gasteiger partial charge in [-0.3, -0.25) is 4.90 Å². The average Bonchev–Trinajstić information content (AvgIpc) is 2.49. The Balaban J connectivity index is 0.000000200. The largest absolute Gasteiger partial charge is 0.384 e. The Labute approximate surface area is 119 Å². The molecule has 114 valence electrons. The molecule has 0 amide bonds. The van der Waals surface area contributed by atoms with Gasteiger partial charge in [-0.1, -0.05) is 13.8 Å². The second kappa shape index (κ2) is 10.6. The minimum absolute atomic E-state index is 0.786. The monoisotopic (exact) mass is 272 g/mol. The molecule has 0 aliphatic carbocycles. The maximum atomic E-state index is 5.16. The van der Waals surface area contributed by atoms with E-state index in [9.17, 15) is 0 Å². The quantitative estimate of drug-likeness (QED) is 0.778. The van der Waals surface area contributed by atoms with Crippen LogP contribution in [0.25, 0.3) is 0 Å². The summed E-state index contributed by atoms with van der Waals surface area (Å²) in [6.45, 7) is 14.3. The number of hydrogen-bond donors (Lipinski definition) is 0. The summed E-state index contributed by atoms with van der Waals surface area (Å²) < 4.78 is 10.3. The summed E-state index contributed by atoms with van der Waals surface area (Å²) in [5.41, 5.74) is 0. The molecule has 0 bridgehead atoms. The Hall–Kier alpha value is -0.160. The first-order valence-electron chi connectivity index (χ1n) is 7.81. The second-order valence-corrected chi connectivity index (χ2v) is 5.40. The van der Waals surface area contributed by atoms with Crippen molar-refractivity contribution in [2.75, 3.05) is 66.2 Å². The third kappa shape index (κ3) is 7.25. The highest BCUT2D eigenvalue weighted by Gasteiger charge is 2.17. The molecule has 19 heavy (non-hydrogen) atoms. The Morgan fingerprint density at radius 3 is 2.26 bits per heavy atom. The predicted molar refractivity (Wildman–Crippen MR) is 79.6 cm³/mol. The molecule has 1 atom stereocenters. The Morgan fingerprint density at radius 2 is 1.74 bits per heavy atom. The molecule has 2 fully saturated rings. The number of piperidine rings is 1. The van der Waals surface area contributed by atoms with Gasteiger partial charge in [-0.05, 0) is 38.4 Å². The van der Waals surface area contributed by atoms with E-state index < -0.39 is 0 Å². The molecule has 4 heteroatoms. The van der Waals surface area contributed by atoms with Crippen LogP contribution in [0.3, 0.4) is 0 Å². The Kier molecular flexibility index (Phi) is 9.43. The minimum atomic E-state index is 0.786. The van der Waals surface area contributed by atoms with Crippen molar-refractivity contribution < 1.29 is 9.47 Å². The maximum Gasteiger partial charge on any atom is 0.0594 e. The number of rotatable bonds is 4. The summed E-state index contributed by atoms with van der Waals surface area (Å²) in [5, 5.41) is 0. The van der Waals surface area contributed by atoms with Crippen molar-refractivity contribution in [3.8, 4) is 0 Å². The molecule has 0 aromatic carbocycles. The first-order valence-corrected chi connectivity index (χ1v) is 7.81.